The topological polar surface area (TPSA) is 33.2 Å². The zero-order chi connectivity index (χ0) is 9.80. The van der Waals surface area contributed by atoms with Gasteiger partial charge in [-0.3, -0.25) is 9.78 Å². The van der Waals surface area contributed by atoms with E-state index in [0.29, 0.717) is 0 Å². The van der Waals surface area contributed by atoms with Gasteiger partial charge in [0, 0.05) is 24.8 Å². The molecule has 0 aromatic carbocycles. The summed E-state index contributed by atoms with van der Waals surface area (Å²) < 4.78 is 0. The van der Waals surface area contributed by atoms with Gasteiger partial charge in [-0.2, -0.15) is 0 Å². The first kappa shape index (κ1) is 9.19. The molecule has 2 heterocycles. The fraction of sp³-hybridized carbons (Fsp3) is 0.455. The molecule has 0 bridgehead atoms. The van der Waals surface area contributed by atoms with E-state index in [1.807, 2.05) is 0 Å². The van der Waals surface area contributed by atoms with Crippen LogP contribution in [0.4, 0.5) is 5.69 Å². The molecule has 3 nitrogen and oxygen atoms in total. The maximum atomic E-state index is 10.8. The van der Waals surface area contributed by atoms with E-state index < -0.39 is 0 Å². The maximum Gasteiger partial charge on any atom is 0.152 e. The summed E-state index contributed by atoms with van der Waals surface area (Å²) in [6.07, 6.45) is 8.09. The summed E-state index contributed by atoms with van der Waals surface area (Å²) in [5, 5.41) is 0. The minimum absolute atomic E-state index is 0.752. The highest BCUT2D eigenvalue weighted by molar-refractivity contribution is 5.84. The van der Waals surface area contributed by atoms with Gasteiger partial charge in [-0.15, -0.1) is 0 Å². The second-order valence-corrected chi connectivity index (χ2v) is 3.60. The molecule has 14 heavy (non-hydrogen) atoms. The van der Waals surface area contributed by atoms with Gasteiger partial charge in [0.1, 0.15) is 0 Å². The third kappa shape index (κ3) is 1.76. The second-order valence-electron chi connectivity index (χ2n) is 3.60. The first-order valence-corrected chi connectivity index (χ1v) is 5.06. The Morgan fingerprint density at radius 3 is 2.79 bits per heavy atom. The number of piperidine rings is 1. The molecule has 2 rings (SSSR count). The van der Waals surface area contributed by atoms with Gasteiger partial charge in [-0.05, 0) is 25.3 Å². The molecule has 0 radical (unpaired) electrons. The molecular weight excluding hydrogens is 176 g/mol. The van der Waals surface area contributed by atoms with Gasteiger partial charge < -0.3 is 4.90 Å². The van der Waals surface area contributed by atoms with Crippen LogP contribution in [0.25, 0.3) is 0 Å². The average molecular weight is 190 g/mol. The number of pyridine rings is 1. The van der Waals surface area contributed by atoms with Gasteiger partial charge in [0.15, 0.2) is 6.29 Å². The Balaban J connectivity index is 2.24. The molecule has 1 aromatic rings. The van der Waals surface area contributed by atoms with Crippen LogP contribution in [0, 0.1) is 0 Å². The van der Waals surface area contributed by atoms with E-state index in [1.165, 1.54) is 19.3 Å². The van der Waals surface area contributed by atoms with Gasteiger partial charge in [-0.1, -0.05) is 0 Å². The van der Waals surface area contributed by atoms with E-state index in [0.717, 1.165) is 30.6 Å². The monoisotopic (exact) mass is 190 g/mol. The van der Waals surface area contributed by atoms with Gasteiger partial charge in [0.05, 0.1) is 11.9 Å². The Hall–Kier alpha value is -1.38. The number of aldehydes is 1. The number of hydrogen-bond donors (Lipinski definition) is 0. The highest BCUT2D eigenvalue weighted by Crippen LogP contribution is 2.21. The molecule has 0 N–H and O–H groups in total. The number of nitrogens with zero attached hydrogens (tertiary/aromatic N) is 2. The molecule has 1 aliphatic rings. The molecule has 1 aromatic heterocycles. The van der Waals surface area contributed by atoms with Crippen molar-refractivity contribution in [3.8, 4) is 0 Å². The van der Waals surface area contributed by atoms with Crippen molar-refractivity contribution in [2.24, 2.45) is 0 Å². The molecule has 0 atom stereocenters. The molecule has 0 spiro atoms. The molecule has 1 aliphatic heterocycles. The minimum atomic E-state index is 0.752. The normalized spacial score (nSPS) is 16.7. The van der Waals surface area contributed by atoms with Crippen LogP contribution >= 0.6 is 0 Å². The summed E-state index contributed by atoms with van der Waals surface area (Å²) in [5.41, 5.74) is 1.74. The number of rotatable bonds is 2. The Bertz CT molecular complexity index is 319. The summed E-state index contributed by atoms with van der Waals surface area (Å²) in [6, 6.07) is 1.77. The number of anilines is 1. The van der Waals surface area contributed by atoms with Gasteiger partial charge >= 0.3 is 0 Å². The third-order valence-electron chi connectivity index (χ3n) is 2.66. The van der Waals surface area contributed by atoms with Crippen LogP contribution < -0.4 is 4.90 Å². The summed E-state index contributed by atoms with van der Waals surface area (Å²) in [5.74, 6) is 0. The Labute approximate surface area is 83.8 Å². The Kier molecular flexibility index (Phi) is 2.77. The van der Waals surface area contributed by atoms with E-state index in [-0.39, 0.29) is 0 Å². The zero-order valence-electron chi connectivity index (χ0n) is 8.15. The van der Waals surface area contributed by atoms with Crippen LogP contribution in [0.1, 0.15) is 29.6 Å². The van der Waals surface area contributed by atoms with Crippen molar-refractivity contribution in [1.29, 1.82) is 0 Å². The molecule has 0 unspecified atom stereocenters. The SMILES string of the molecule is O=Cc1ccncc1N1CCCCC1. The lowest BCUT2D eigenvalue weighted by atomic mass is 10.1. The van der Waals surface area contributed by atoms with E-state index in [4.69, 9.17) is 0 Å². The third-order valence-corrected chi connectivity index (χ3v) is 2.66. The molecule has 0 saturated carbocycles. The van der Waals surface area contributed by atoms with Gasteiger partial charge in [-0.25, -0.2) is 0 Å². The van der Waals surface area contributed by atoms with Crippen molar-refractivity contribution < 1.29 is 4.79 Å². The predicted octanol–water partition coefficient (Wildman–Crippen LogP) is 1.88. The summed E-state index contributed by atoms with van der Waals surface area (Å²) >= 11 is 0. The molecule has 0 aliphatic carbocycles. The van der Waals surface area contributed by atoms with E-state index in [1.54, 1.807) is 18.5 Å². The van der Waals surface area contributed by atoms with Crippen molar-refractivity contribution in [3.05, 3.63) is 24.0 Å². The number of carbonyl (C=O) groups is 1. The lowest BCUT2D eigenvalue weighted by Crippen LogP contribution is -2.30. The Morgan fingerprint density at radius 1 is 1.29 bits per heavy atom. The fourth-order valence-corrected chi connectivity index (χ4v) is 1.90. The first-order chi connectivity index (χ1) is 6.92. The fourth-order valence-electron chi connectivity index (χ4n) is 1.90. The summed E-state index contributed by atoms with van der Waals surface area (Å²) in [6.45, 7) is 2.10. The largest absolute Gasteiger partial charge is 0.370 e. The van der Waals surface area contributed by atoms with Crippen LogP contribution in [0.2, 0.25) is 0 Å². The molecule has 3 heteroatoms. The van der Waals surface area contributed by atoms with Crippen molar-refractivity contribution in [3.63, 3.8) is 0 Å². The van der Waals surface area contributed by atoms with Gasteiger partial charge in [0.2, 0.25) is 0 Å². The van der Waals surface area contributed by atoms with E-state index in [9.17, 15) is 4.79 Å². The summed E-state index contributed by atoms with van der Waals surface area (Å²) in [4.78, 5) is 17.1. The van der Waals surface area contributed by atoms with Crippen molar-refractivity contribution in [1.82, 2.24) is 4.98 Å². The van der Waals surface area contributed by atoms with Crippen molar-refractivity contribution in [2.75, 3.05) is 18.0 Å². The summed E-state index contributed by atoms with van der Waals surface area (Å²) in [7, 11) is 0. The van der Waals surface area contributed by atoms with Crippen LogP contribution in [-0.4, -0.2) is 24.4 Å². The minimum Gasteiger partial charge on any atom is -0.370 e. The molecule has 74 valence electrons. The van der Waals surface area contributed by atoms with Crippen LogP contribution in [0.5, 0.6) is 0 Å². The van der Waals surface area contributed by atoms with E-state index >= 15 is 0 Å². The predicted molar refractivity (Wildman–Crippen MR) is 55.7 cm³/mol. The number of hydrogen-bond acceptors (Lipinski definition) is 3. The molecule has 0 amide bonds. The molecular formula is C11H14N2O. The second kappa shape index (κ2) is 4.22. The van der Waals surface area contributed by atoms with Gasteiger partial charge in [0.25, 0.3) is 0 Å². The average Bonchev–Trinajstić information content (AvgIpc) is 2.30. The molecule has 1 fully saturated rings. The van der Waals surface area contributed by atoms with Crippen molar-refractivity contribution >= 4 is 12.0 Å². The highest BCUT2D eigenvalue weighted by Gasteiger charge is 2.13. The van der Waals surface area contributed by atoms with Crippen LogP contribution in [-0.2, 0) is 0 Å². The number of carbonyl (C=O) groups excluding carboxylic acids is 1. The van der Waals surface area contributed by atoms with Crippen molar-refractivity contribution in [2.45, 2.75) is 19.3 Å². The van der Waals surface area contributed by atoms with Crippen LogP contribution in [0.3, 0.4) is 0 Å². The lowest BCUT2D eigenvalue weighted by molar-refractivity contribution is 0.112. The smallest absolute Gasteiger partial charge is 0.152 e. The van der Waals surface area contributed by atoms with E-state index in [2.05, 4.69) is 9.88 Å². The zero-order valence-corrected chi connectivity index (χ0v) is 8.15. The first-order valence-electron chi connectivity index (χ1n) is 5.06. The maximum absolute atomic E-state index is 10.8. The number of aromatic nitrogens is 1. The standard InChI is InChI=1S/C11H14N2O/c14-9-10-4-5-12-8-11(10)13-6-2-1-3-7-13/h4-5,8-9H,1-3,6-7H2. The Morgan fingerprint density at radius 2 is 2.07 bits per heavy atom. The molecule has 1 saturated heterocycles. The highest BCUT2D eigenvalue weighted by atomic mass is 16.1. The van der Waals surface area contributed by atoms with Crippen LogP contribution in [0.15, 0.2) is 18.5 Å². The quantitative estimate of drug-likeness (QED) is 0.668. The lowest BCUT2D eigenvalue weighted by Gasteiger charge is -2.29.